The van der Waals surface area contributed by atoms with Crippen LogP contribution >= 0.6 is 0 Å². The van der Waals surface area contributed by atoms with Gasteiger partial charge in [0.2, 0.25) is 20.0 Å². The van der Waals surface area contributed by atoms with E-state index in [1.165, 1.54) is 11.4 Å². The molecule has 0 aromatic heterocycles. The molecule has 1 atom stereocenters. The Bertz CT molecular complexity index is 506. The summed E-state index contributed by atoms with van der Waals surface area (Å²) in [6.07, 6.45) is 2.85. The third-order valence-corrected chi connectivity index (χ3v) is 7.91. The quantitative estimate of drug-likeness (QED) is 0.710. The van der Waals surface area contributed by atoms with Crippen molar-refractivity contribution in [3.63, 3.8) is 0 Å². The average molecular weight is 296 g/mol. The van der Waals surface area contributed by atoms with Crippen molar-refractivity contribution in [3.05, 3.63) is 0 Å². The molecular weight excluding hydrogens is 276 g/mol. The topological polar surface area (TPSA) is 83.6 Å². The standard InChI is InChI=1S/C10H20N2O4S2/c1-8(7-11-17(13,14)9-3-4-9)12(2)18(15,16)10-5-6-10/h8-11H,3-7H2,1-2H3. The van der Waals surface area contributed by atoms with Crippen LogP contribution in [0.5, 0.6) is 0 Å². The van der Waals surface area contributed by atoms with Crippen LogP contribution < -0.4 is 4.72 Å². The number of hydrogen-bond donors (Lipinski definition) is 1. The van der Waals surface area contributed by atoms with Crippen LogP contribution in [-0.2, 0) is 20.0 Å². The van der Waals surface area contributed by atoms with Gasteiger partial charge in [0, 0.05) is 19.6 Å². The molecule has 0 amide bonds. The van der Waals surface area contributed by atoms with Crippen LogP contribution in [0.3, 0.4) is 0 Å². The smallest absolute Gasteiger partial charge is 0.213 e. The van der Waals surface area contributed by atoms with Gasteiger partial charge in [0.05, 0.1) is 10.5 Å². The first kappa shape index (κ1) is 14.2. The minimum atomic E-state index is -3.24. The van der Waals surface area contributed by atoms with E-state index in [0.29, 0.717) is 25.7 Å². The van der Waals surface area contributed by atoms with E-state index in [1.54, 1.807) is 6.92 Å². The Hall–Kier alpha value is -0.180. The number of sulfonamides is 2. The molecule has 0 bridgehead atoms. The summed E-state index contributed by atoms with van der Waals surface area (Å²) in [6.45, 7) is 1.86. The number of nitrogens with one attached hydrogen (secondary N) is 1. The van der Waals surface area contributed by atoms with E-state index in [9.17, 15) is 16.8 Å². The van der Waals surface area contributed by atoms with Gasteiger partial charge in [0.25, 0.3) is 0 Å². The molecule has 2 saturated carbocycles. The normalized spacial score (nSPS) is 23.3. The van der Waals surface area contributed by atoms with Crippen molar-refractivity contribution < 1.29 is 16.8 Å². The highest BCUT2D eigenvalue weighted by Gasteiger charge is 2.41. The molecule has 0 radical (unpaired) electrons. The van der Waals surface area contributed by atoms with Crippen molar-refractivity contribution in [2.75, 3.05) is 13.6 Å². The van der Waals surface area contributed by atoms with E-state index in [0.717, 1.165) is 0 Å². The van der Waals surface area contributed by atoms with Crippen LogP contribution in [0, 0.1) is 0 Å². The van der Waals surface area contributed by atoms with E-state index in [-0.39, 0.29) is 23.1 Å². The van der Waals surface area contributed by atoms with Gasteiger partial charge in [-0.1, -0.05) is 0 Å². The maximum absolute atomic E-state index is 12.0. The Morgan fingerprint density at radius 3 is 2.06 bits per heavy atom. The van der Waals surface area contributed by atoms with Crippen LogP contribution in [0.25, 0.3) is 0 Å². The first-order valence-electron chi connectivity index (χ1n) is 6.20. The van der Waals surface area contributed by atoms with E-state index in [4.69, 9.17) is 0 Å². The van der Waals surface area contributed by atoms with Crippen molar-refractivity contribution in [2.45, 2.75) is 49.1 Å². The SMILES string of the molecule is CC(CNS(=O)(=O)C1CC1)N(C)S(=O)(=O)C1CC1. The molecule has 0 aliphatic heterocycles. The second-order valence-corrected chi connectivity index (χ2v) is 9.52. The predicted octanol–water partition coefficient (Wildman–Crippen LogP) is -0.119. The third-order valence-electron chi connectivity index (χ3n) is 3.51. The summed E-state index contributed by atoms with van der Waals surface area (Å²) in [4.78, 5) is 0. The minimum Gasteiger partial charge on any atom is -0.213 e. The summed E-state index contributed by atoms with van der Waals surface area (Å²) >= 11 is 0. The van der Waals surface area contributed by atoms with Gasteiger partial charge >= 0.3 is 0 Å². The number of nitrogens with zero attached hydrogens (tertiary/aromatic N) is 1. The zero-order valence-corrected chi connectivity index (χ0v) is 12.3. The molecular formula is C10H20N2O4S2. The van der Waals surface area contributed by atoms with Gasteiger partial charge in [-0.2, -0.15) is 0 Å². The Labute approximate surface area is 109 Å². The molecule has 1 unspecified atom stereocenters. The second-order valence-electron chi connectivity index (χ2n) is 5.20. The van der Waals surface area contributed by atoms with Gasteiger partial charge in [0.1, 0.15) is 0 Å². The fourth-order valence-electron chi connectivity index (χ4n) is 1.71. The van der Waals surface area contributed by atoms with Crippen LogP contribution in [-0.4, -0.2) is 51.3 Å². The van der Waals surface area contributed by atoms with Gasteiger partial charge in [-0.15, -0.1) is 0 Å². The Kier molecular flexibility index (Phi) is 3.74. The summed E-state index contributed by atoms with van der Waals surface area (Å²) in [5, 5.41) is -0.528. The minimum absolute atomic E-state index is 0.140. The first-order chi connectivity index (χ1) is 8.25. The molecule has 2 fully saturated rings. The van der Waals surface area contributed by atoms with Gasteiger partial charge in [-0.25, -0.2) is 25.9 Å². The fourth-order valence-corrected chi connectivity index (χ4v) is 4.96. The average Bonchev–Trinajstić information content (AvgIpc) is 3.16. The maximum Gasteiger partial charge on any atom is 0.217 e. The number of likely N-dealkylation sites (N-methyl/N-ethyl adjacent to an activating group) is 1. The lowest BCUT2D eigenvalue weighted by Crippen LogP contribution is -2.44. The van der Waals surface area contributed by atoms with Crippen LogP contribution in [0.4, 0.5) is 0 Å². The molecule has 106 valence electrons. The van der Waals surface area contributed by atoms with Gasteiger partial charge in [0.15, 0.2) is 0 Å². The Morgan fingerprint density at radius 1 is 1.11 bits per heavy atom. The lowest BCUT2D eigenvalue weighted by atomic mass is 10.4. The van der Waals surface area contributed by atoms with Gasteiger partial charge < -0.3 is 0 Å². The molecule has 1 N–H and O–H groups in total. The van der Waals surface area contributed by atoms with Crippen molar-refractivity contribution in [2.24, 2.45) is 0 Å². The van der Waals surface area contributed by atoms with E-state index in [2.05, 4.69) is 4.72 Å². The molecule has 8 heteroatoms. The second kappa shape index (κ2) is 4.73. The summed E-state index contributed by atoms with van der Waals surface area (Å²) in [7, 11) is -4.96. The monoisotopic (exact) mass is 296 g/mol. The predicted molar refractivity (Wildman–Crippen MR) is 69.1 cm³/mol. The number of rotatable bonds is 7. The molecule has 18 heavy (non-hydrogen) atoms. The molecule has 2 aliphatic carbocycles. The highest BCUT2D eigenvalue weighted by Crippen LogP contribution is 2.31. The zero-order chi connectivity index (χ0) is 13.6. The number of hydrogen-bond acceptors (Lipinski definition) is 4. The molecule has 0 heterocycles. The fraction of sp³-hybridized carbons (Fsp3) is 1.00. The summed E-state index contributed by atoms with van der Waals surface area (Å²) in [5.74, 6) is 0. The third kappa shape index (κ3) is 3.04. The maximum atomic E-state index is 12.0. The van der Waals surface area contributed by atoms with Gasteiger partial charge in [-0.3, -0.25) is 0 Å². The summed E-state index contributed by atoms with van der Waals surface area (Å²) < 4.78 is 51.0. The van der Waals surface area contributed by atoms with Crippen LogP contribution in [0.15, 0.2) is 0 Å². The van der Waals surface area contributed by atoms with Gasteiger partial charge in [-0.05, 0) is 32.6 Å². The van der Waals surface area contributed by atoms with Crippen molar-refractivity contribution in [3.8, 4) is 0 Å². The summed E-state index contributed by atoms with van der Waals surface area (Å²) in [5.41, 5.74) is 0. The molecule has 0 aromatic rings. The lowest BCUT2D eigenvalue weighted by Gasteiger charge is -2.24. The van der Waals surface area contributed by atoms with E-state index in [1.807, 2.05) is 0 Å². The highest BCUT2D eigenvalue weighted by atomic mass is 32.2. The molecule has 0 saturated heterocycles. The highest BCUT2D eigenvalue weighted by molar-refractivity contribution is 7.90. The molecule has 0 aromatic carbocycles. The van der Waals surface area contributed by atoms with Crippen molar-refractivity contribution in [1.29, 1.82) is 0 Å². The molecule has 2 rings (SSSR count). The largest absolute Gasteiger partial charge is 0.217 e. The van der Waals surface area contributed by atoms with E-state index >= 15 is 0 Å². The van der Waals surface area contributed by atoms with Crippen molar-refractivity contribution in [1.82, 2.24) is 9.03 Å². The van der Waals surface area contributed by atoms with E-state index < -0.39 is 20.0 Å². The Morgan fingerprint density at radius 2 is 1.61 bits per heavy atom. The van der Waals surface area contributed by atoms with Crippen molar-refractivity contribution >= 4 is 20.0 Å². The lowest BCUT2D eigenvalue weighted by molar-refractivity contribution is 0.385. The zero-order valence-electron chi connectivity index (χ0n) is 10.7. The van der Waals surface area contributed by atoms with Crippen LogP contribution in [0.1, 0.15) is 32.6 Å². The Balaban J connectivity index is 1.89. The molecule has 2 aliphatic rings. The van der Waals surface area contributed by atoms with Crippen LogP contribution in [0.2, 0.25) is 0 Å². The molecule has 0 spiro atoms. The first-order valence-corrected chi connectivity index (χ1v) is 9.25. The molecule has 6 nitrogen and oxygen atoms in total. The summed E-state index contributed by atoms with van der Waals surface area (Å²) in [6, 6.07) is -0.357.